The van der Waals surface area contributed by atoms with Gasteiger partial charge in [-0.15, -0.1) is 5.11 Å². The minimum absolute atomic E-state index is 0.0290. The second kappa shape index (κ2) is 7.50. The highest BCUT2D eigenvalue weighted by Crippen LogP contribution is 2.28. The molecule has 2 heterocycles. The molecule has 1 atom stereocenters. The molecule has 26 heavy (non-hydrogen) atoms. The monoisotopic (exact) mass is 352 g/mol. The van der Waals surface area contributed by atoms with Gasteiger partial charge in [0.1, 0.15) is 11.6 Å². The molecule has 0 amide bonds. The van der Waals surface area contributed by atoms with E-state index in [1.165, 1.54) is 0 Å². The molecule has 1 saturated heterocycles. The summed E-state index contributed by atoms with van der Waals surface area (Å²) < 4.78 is 6.71. The van der Waals surface area contributed by atoms with Gasteiger partial charge in [0.05, 0.1) is 18.3 Å². The van der Waals surface area contributed by atoms with Crippen LogP contribution in [0.1, 0.15) is 29.5 Å². The average Bonchev–Trinajstić information content (AvgIpc) is 3.14. The van der Waals surface area contributed by atoms with Gasteiger partial charge in [0.15, 0.2) is 5.69 Å². The number of rotatable bonds is 4. The smallest absolute Gasteiger partial charge is 0.281 e. The molecule has 0 spiro atoms. The first-order valence-corrected chi connectivity index (χ1v) is 8.48. The van der Waals surface area contributed by atoms with Gasteiger partial charge >= 0.3 is 0 Å². The Morgan fingerprint density at radius 1 is 1.35 bits per heavy atom. The lowest BCUT2D eigenvalue weighted by Gasteiger charge is -2.16. The summed E-state index contributed by atoms with van der Waals surface area (Å²) >= 11 is 0. The topological polar surface area (TPSA) is 100.0 Å². The van der Waals surface area contributed by atoms with Crippen molar-refractivity contribution in [3.05, 3.63) is 51.3 Å². The van der Waals surface area contributed by atoms with Crippen molar-refractivity contribution in [3.8, 4) is 11.9 Å². The number of nitriles is 1. The molecule has 1 aromatic heterocycles. The standard InChI is InChI=1S/C19H20N4O3/c1-12-6-3-4-8-16(12)21-22-17-13(2)15(10-20)18(24)23(19(17)25)11-14-7-5-9-26-14/h3-4,6,8,14,24H,5,7,9,11H2,1-2H3. The number of aryl methyl sites for hydroxylation is 1. The Morgan fingerprint density at radius 3 is 2.77 bits per heavy atom. The molecule has 7 nitrogen and oxygen atoms in total. The predicted octanol–water partition coefficient (Wildman–Crippen LogP) is 3.64. The van der Waals surface area contributed by atoms with Crippen molar-refractivity contribution in [3.63, 3.8) is 0 Å². The fourth-order valence-electron chi connectivity index (χ4n) is 3.00. The van der Waals surface area contributed by atoms with Crippen LogP contribution in [0, 0.1) is 25.2 Å². The summed E-state index contributed by atoms with van der Waals surface area (Å²) in [6.45, 7) is 4.31. The largest absolute Gasteiger partial charge is 0.493 e. The van der Waals surface area contributed by atoms with Crippen molar-refractivity contribution in [2.75, 3.05) is 6.61 Å². The van der Waals surface area contributed by atoms with E-state index in [4.69, 9.17) is 4.74 Å². The molecule has 3 rings (SSSR count). The van der Waals surface area contributed by atoms with Gasteiger partial charge in [0, 0.05) is 12.2 Å². The number of ether oxygens (including phenoxy) is 1. The summed E-state index contributed by atoms with van der Waals surface area (Å²) in [7, 11) is 0. The molecule has 0 aliphatic carbocycles. The number of pyridine rings is 1. The van der Waals surface area contributed by atoms with Crippen LogP contribution < -0.4 is 5.56 Å². The van der Waals surface area contributed by atoms with Gasteiger partial charge in [-0.25, -0.2) is 0 Å². The van der Waals surface area contributed by atoms with E-state index in [2.05, 4.69) is 10.2 Å². The highest BCUT2D eigenvalue weighted by atomic mass is 16.5. The first-order chi connectivity index (χ1) is 12.5. The predicted molar refractivity (Wildman–Crippen MR) is 96.1 cm³/mol. The number of benzene rings is 1. The molecule has 0 radical (unpaired) electrons. The number of hydrogen-bond acceptors (Lipinski definition) is 6. The fourth-order valence-corrected chi connectivity index (χ4v) is 3.00. The van der Waals surface area contributed by atoms with Crippen molar-refractivity contribution in [1.29, 1.82) is 5.26 Å². The minimum atomic E-state index is -0.480. The van der Waals surface area contributed by atoms with Crippen LogP contribution in [0.25, 0.3) is 0 Å². The summed E-state index contributed by atoms with van der Waals surface area (Å²) in [6, 6.07) is 9.37. The Hall–Kier alpha value is -2.98. The van der Waals surface area contributed by atoms with Crippen molar-refractivity contribution in [2.24, 2.45) is 10.2 Å². The molecule has 134 valence electrons. The Morgan fingerprint density at radius 2 is 2.12 bits per heavy atom. The van der Waals surface area contributed by atoms with Crippen LogP contribution in [0.15, 0.2) is 39.3 Å². The molecule has 1 aliphatic heterocycles. The average molecular weight is 352 g/mol. The van der Waals surface area contributed by atoms with Gasteiger partial charge in [-0.3, -0.25) is 9.36 Å². The van der Waals surface area contributed by atoms with Crippen LogP contribution in [0.4, 0.5) is 11.4 Å². The molecular weight excluding hydrogens is 332 g/mol. The van der Waals surface area contributed by atoms with Crippen molar-refractivity contribution in [1.82, 2.24) is 4.57 Å². The number of nitrogens with zero attached hydrogens (tertiary/aromatic N) is 4. The SMILES string of the molecule is Cc1ccccc1N=Nc1c(C)c(C#N)c(O)n(CC2CCCO2)c1=O. The van der Waals surface area contributed by atoms with E-state index >= 15 is 0 Å². The maximum absolute atomic E-state index is 12.9. The third kappa shape index (κ3) is 3.37. The molecule has 0 bridgehead atoms. The maximum atomic E-state index is 12.9. The van der Waals surface area contributed by atoms with Crippen LogP contribution in [-0.2, 0) is 11.3 Å². The minimum Gasteiger partial charge on any atom is -0.493 e. The lowest BCUT2D eigenvalue weighted by atomic mass is 10.1. The molecule has 1 N–H and O–H groups in total. The summed E-state index contributed by atoms with van der Waals surface area (Å²) in [5.74, 6) is -0.347. The number of aromatic hydroxyl groups is 1. The molecule has 1 fully saturated rings. The summed E-state index contributed by atoms with van der Waals surface area (Å²) in [6.07, 6.45) is 1.56. The fraction of sp³-hybridized carbons (Fsp3) is 0.368. The highest BCUT2D eigenvalue weighted by Gasteiger charge is 2.23. The lowest BCUT2D eigenvalue weighted by molar-refractivity contribution is 0.0939. The zero-order valence-corrected chi connectivity index (χ0v) is 14.8. The Kier molecular flexibility index (Phi) is 5.14. The van der Waals surface area contributed by atoms with Crippen LogP contribution >= 0.6 is 0 Å². The molecule has 0 saturated carbocycles. The van der Waals surface area contributed by atoms with Gasteiger partial charge in [0.25, 0.3) is 5.56 Å². The lowest BCUT2D eigenvalue weighted by Crippen LogP contribution is -2.27. The molecule has 2 aromatic rings. The third-order valence-electron chi connectivity index (χ3n) is 4.55. The van der Waals surface area contributed by atoms with Gasteiger partial charge in [-0.05, 0) is 38.3 Å². The summed E-state index contributed by atoms with van der Waals surface area (Å²) in [4.78, 5) is 12.9. The zero-order chi connectivity index (χ0) is 18.7. The van der Waals surface area contributed by atoms with Gasteiger partial charge in [-0.2, -0.15) is 10.4 Å². The van der Waals surface area contributed by atoms with Crippen LogP contribution in [0.5, 0.6) is 5.88 Å². The normalized spacial score (nSPS) is 16.9. The summed E-state index contributed by atoms with van der Waals surface area (Å²) in [5.41, 5.74) is 1.49. The maximum Gasteiger partial charge on any atom is 0.281 e. The van der Waals surface area contributed by atoms with E-state index in [0.29, 0.717) is 17.9 Å². The van der Waals surface area contributed by atoms with E-state index < -0.39 is 5.56 Å². The molecule has 1 unspecified atom stereocenters. The van der Waals surface area contributed by atoms with Crippen LogP contribution in [0.3, 0.4) is 0 Å². The molecule has 1 aromatic carbocycles. The molecule has 1 aliphatic rings. The Balaban J connectivity index is 2.08. The Bertz CT molecular complexity index is 950. The summed E-state index contributed by atoms with van der Waals surface area (Å²) in [5, 5.41) is 28.1. The molecular formula is C19H20N4O3. The highest BCUT2D eigenvalue weighted by molar-refractivity contribution is 5.57. The van der Waals surface area contributed by atoms with E-state index in [0.717, 1.165) is 23.0 Å². The van der Waals surface area contributed by atoms with Crippen LogP contribution in [-0.4, -0.2) is 22.4 Å². The van der Waals surface area contributed by atoms with E-state index in [1.807, 2.05) is 31.2 Å². The van der Waals surface area contributed by atoms with Crippen molar-refractivity contribution in [2.45, 2.75) is 39.3 Å². The number of aromatic nitrogens is 1. The van der Waals surface area contributed by atoms with Gasteiger partial charge in [-0.1, -0.05) is 18.2 Å². The second-order valence-electron chi connectivity index (χ2n) is 6.32. The number of hydrogen-bond donors (Lipinski definition) is 1. The first kappa shape index (κ1) is 17.8. The van der Waals surface area contributed by atoms with Gasteiger partial charge < -0.3 is 9.84 Å². The zero-order valence-electron chi connectivity index (χ0n) is 14.8. The second-order valence-corrected chi connectivity index (χ2v) is 6.32. The van der Waals surface area contributed by atoms with E-state index in [-0.39, 0.29) is 29.8 Å². The van der Waals surface area contributed by atoms with Crippen LogP contribution in [0.2, 0.25) is 0 Å². The van der Waals surface area contributed by atoms with Crippen molar-refractivity contribution < 1.29 is 9.84 Å². The van der Waals surface area contributed by atoms with Gasteiger partial charge in [0.2, 0.25) is 5.88 Å². The van der Waals surface area contributed by atoms with E-state index in [9.17, 15) is 15.2 Å². The Labute approximate surface area is 151 Å². The number of azo groups is 1. The third-order valence-corrected chi connectivity index (χ3v) is 4.55. The quantitative estimate of drug-likeness (QED) is 0.849. The van der Waals surface area contributed by atoms with E-state index in [1.54, 1.807) is 13.0 Å². The first-order valence-electron chi connectivity index (χ1n) is 8.48. The molecule has 7 heteroatoms. The van der Waals surface area contributed by atoms with Crippen molar-refractivity contribution >= 4 is 11.4 Å².